The summed E-state index contributed by atoms with van der Waals surface area (Å²) in [6.45, 7) is 0. The molecule has 0 aliphatic heterocycles. The van der Waals surface area contributed by atoms with Gasteiger partial charge in [-0.15, -0.1) is 11.6 Å². The zero-order valence-electron chi connectivity index (χ0n) is 10.9. The maximum absolute atomic E-state index is 5.93. The van der Waals surface area contributed by atoms with Crippen molar-refractivity contribution in [1.82, 2.24) is 0 Å². The van der Waals surface area contributed by atoms with Gasteiger partial charge >= 0.3 is 0 Å². The number of benzene rings is 2. The van der Waals surface area contributed by atoms with E-state index in [1.807, 2.05) is 24.3 Å². The molecule has 0 radical (unpaired) electrons. The van der Waals surface area contributed by atoms with E-state index in [9.17, 15) is 0 Å². The summed E-state index contributed by atoms with van der Waals surface area (Å²) in [4.78, 5) is 0. The Morgan fingerprint density at radius 2 is 1.68 bits per heavy atom. The van der Waals surface area contributed by atoms with Crippen LogP contribution in [-0.2, 0) is 18.7 Å². The van der Waals surface area contributed by atoms with Crippen molar-refractivity contribution in [1.29, 1.82) is 0 Å². The number of aryl methyl sites for hydroxylation is 2. The number of ether oxygens (including phenoxy) is 1. The van der Waals surface area contributed by atoms with Crippen LogP contribution < -0.4 is 4.74 Å². The van der Waals surface area contributed by atoms with E-state index in [0.29, 0.717) is 5.88 Å². The van der Waals surface area contributed by atoms with Gasteiger partial charge in [0.2, 0.25) is 0 Å². The van der Waals surface area contributed by atoms with Crippen LogP contribution >= 0.6 is 11.6 Å². The summed E-state index contributed by atoms with van der Waals surface area (Å²) in [7, 11) is 0. The van der Waals surface area contributed by atoms with Gasteiger partial charge in [-0.3, -0.25) is 0 Å². The summed E-state index contributed by atoms with van der Waals surface area (Å²) in [5, 5.41) is 0. The van der Waals surface area contributed by atoms with Gasteiger partial charge in [0.25, 0.3) is 0 Å². The van der Waals surface area contributed by atoms with Gasteiger partial charge in [-0.1, -0.05) is 18.2 Å². The van der Waals surface area contributed by atoms with Crippen LogP contribution in [0.2, 0.25) is 0 Å². The molecule has 1 nitrogen and oxygen atoms in total. The molecular formula is C17H17ClO. The minimum absolute atomic E-state index is 0.515. The Morgan fingerprint density at radius 1 is 0.895 bits per heavy atom. The first kappa shape index (κ1) is 12.6. The predicted octanol–water partition coefficient (Wildman–Crippen LogP) is 5.10. The topological polar surface area (TPSA) is 9.23 Å². The number of hydrogen-bond donors (Lipinski definition) is 0. The maximum atomic E-state index is 5.93. The van der Waals surface area contributed by atoms with E-state index in [1.165, 1.54) is 36.8 Å². The Hall–Kier alpha value is -1.47. The highest BCUT2D eigenvalue weighted by Crippen LogP contribution is 2.28. The summed E-state index contributed by atoms with van der Waals surface area (Å²) in [6.07, 6.45) is 4.98. The molecule has 0 saturated carbocycles. The first-order valence-corrected chi connectivity index (χ1v) is 7.33. The summed E-state index contributed by atoms with van der Waals surface area (Å²) in [5.74, 6) is 2.29. The van der Waals surface area contributed by atoms with Crippen LogP contribution in [0.25, 0.3) is 0 Å². The van der Waals surface area contributed by atoms with Gasteiger partial charge in [-0.25, -0.2) is 0 Å². The third kappa shape index (κ3) is 2.93. The Morgan fingerprint density at radius 3 is 2.53 bits per heavy atom. The van der Waals surface area contributed by atoms with E-state index in [2.05, 4.69) is 18.2 Å². The fourth-order valence-corrected chi connectivity index (χ4v) is 2.77. The Labute approximate surface area is 119 Å². The van der Waals surface area contributed by atoms with Crippen molar-refractivity contribution in [2.24, 2.45) is 0 Å². The normalized spacial score (nSPS) is 13.9. The first-order chi connectivity index (χ1) is 9.35. The van der Waals surface area contributed by atoms with Gasteiger partial charge < -0.3 is 4.74 Å². The average molecular weight is 273 g/mol. The third-order valence-corrected chi connectivity index (χ3v) is 3.92. The molecule has 0 spiro atoms. The second-order valence-electron chi connectivity index (χ2n) is 5.02. The van der Waals surface area contributed by atoms with E-state index >= 15 is 0 Å². The van der Waals surface area contributed by atoms with Crippen molar-refractivity contribution in [2.45, 2.75) is 31.6 Å². The van der Waals surface area contributed by atoms with Gasteiger partial charge in [0.1, 0.15) is 11.5 Å². The van der Waals surface area contributed by atoms with Gasteiger partial charge in [0, 0.05) is 5.88 Å². The SMILES string of the molecule is ClCc1cccc(Oc2ccc3c(c2)CCCC3)c1. The standard InChI is InChI=1S/C17H17ClO/c18-12-13-4-3-7-16(10-13)19-17-9-8-14-5-1-2-6-15(14)11-17/h3-4,7-11H,1-2,5-6,12H2. The average Bonchev–Trinajstić information content (AvgIpc) is 2.47. The molecular weight excluding hydrogens is 256 g/mol. The zero-order valence-corrected chi connectivity index (χ0v) is 11.6. The van der Waals surface area contributed by atoms with Crippen molar-refractivity contribution < 1.29 is 4.74 Å². The number of hydrogen-bond acceptors (Lipinski definition) is 1. The molecule has 1 aliphatic carbocycles. The molecule has 0 fully saturated rings. The Balaban J connectivity index is 1.82. The summed E-state index contributed by atoms with van der Waals surface area (Å²) < 4.78 is 5.93. The van der Waals surface area contributed by atoms with Crippen molar-refractivity contribution in [2.75, 3.05) is 0 Å². The number of rotatable bonds is 3. The molecule has 3 rings (SSSR count). The molecule has 0 amide bonds. The molecule has 0 bridgehead atoms. The van der Waals surface area contributed by atoms with Crippen LogP contribution in [0.4, 0.5) is 0 Å². The molecule has 98 valence electrons. The molecule has 0 atom stereocenters. The van der Waals surface area contributed by atoms with Gasteiger partial charge in [-0.05, 0) is 66.6 Å². The van der Waals surface area contributed by atoms with Crippen LogP contribution in [-0.4, -0.2) is 0 Å². The number of halogens is 1. The van der Waals surface area contributed by atoms with Crippen LogP contribution in [0, 0.1) is 0 Å². The molecule has 0 heterocycles. The fourth-order valence-electron chi connectivity index (χ4n) is 2.60. The van der Waals surface area contributed by atoms with E-state index in [1.54, 1.807) is 0 Å². The Kier molecular flexibility index (Phi) is 3.74. The molecule has 1 aliphatic rings. The van der Waals surface area contributed by atoms with Crippen molar-refractivity contribution in [3.05, 3.63) is 59.2 Å². The summed E-state index contributed by atoms with van der Waals surface area (Å²) >= 11 is 5.84. The van der Waals surface area contributed by atoms with Crippen LogP contribution in [0.3, 0.4) is 0 Å². The lowest BCUT2D eigenvalue weighted by molar-refractivity contribution is 0.480. The van der Waals surface area contributed by atoms with Gasteiger partial charge in [0.05, 0.1) is 0 Å². The molecule has 19 heavy (non-hydrogen) atoms. The number of alkyl halides is 1. The molecule has 0 N–H and O–H groups in total. The summed E-state index contributed by atoms with van der Waals surface area (Å²) in [6, 6.07) is 14.4. The molecule has 0 saturated heterocycles. The smallest absolute Gasteiger partial charge is 0.127 e. The second kappa shape index (κ2) is 5.66. The molecule has 0 unspecified atom stereocenters. The van der Waals surface area contributed by atoms with Crippen LogP contribution in [0.1, 0.15) is 29.5 Å². The molecule has 2 aromatic rings. The van der Waals surface area contributed by atoms with Gasteiger partial charge in [-0.2, -0.15) is 0 Å². The monoisotopic (exact) mass is 272 g/mol. The minimum atomic E-state index is 0.515. The van der Waals surface area contributed by atoms with E-state index in [0.717, 1.165) is 17.1 Å². The van der Waals surface area contributed by atoms with Crippen LogP contribution in [0.15, 0.2) is 42.5 Å². The zero-order chi connectivity index (χ0) is 13.1. The van der Waals surface area contributed by atoms with Crippen molar-refractivity contribution in [3.8, 4) is 11.5 Å². The second-order valence-corrected chi connectivity index (χ2v) is 5.29. The maximum Gasteiger partial charge on any atom is 0.127 e. The van der Waals surface area contributed by atoms with Crippen molar-refractivity contribution in [3.63, 3.8) is 0 Å². The minimum Gasteiger partial charge on any atom is -0.457 e. The third-order valence-electron chi connectivity index (χ3n) is 3.61. The van der Waals surface area contributed by atoms with E-state index in [4.69, 9.17) is 16.3 Å². The Bertz CT molecular complexity index is 577. The van der Waals surface area contributed by atoms with E-state index < -0.39 is 0 Å². The largest absolute Gasteiger partial charge is 0.457 e. The van der Waals surface area contributed by atoms with Crippen LogP contribution in [0.5, 0.6) is 11.5 Å². The lowest BCUT2D eigenvalue weighted by Crippen LogP contribution is -2.02. The lowest BCUT2D eigenvalue weighted by Gasteiger charge is -2.16. The summed E-state index contributed by atoms with van der Waals surface area (Å²) in [5.41, 5.74) is 4.00. The fraction of sp³-hybridized carbons (Fsp3) is 0.294. The molecule has 2 aromatic carbocycles. The highest BCUT2D eigenvalue weighted by Gasteiger charge is 2.10. The highest BCUT2D eigenvalue weighted by atomic mass is 35.5. The number of fused-ring (bicyclic) bond motifs is 1. The predicted molar refractivity (Wildman–Crippen MR) is 79.2 cm³/mol. The molecule has 0 aromatic heterocycles. The quantitative estimate of drug-likeness (QED) is 0.707. The highest BCUT2D eigenvalue weighted by molar-refractivity contribution is 6.17. The van der Waals surface area contributed by atoms with E-state index in [-0.39, 0.29) is 0 Å². The van der Waals surface area contributed by atoms with Gasteiger partial charge in [0.15, 0.2) is 0 Å². The lowest BCUT2D eigenvalue weighted by atomic mass is 9.92. The first-order valence-electron chi connectivity index (χ1n) is 6.80. The van der Waals surface area contributed by atoms with Crippen molar-refractivity contribution >= 4 is 11.6 Å². The molecule has 2 heteroatoms.